The second kappa shape index (κ2) is 4.56. The van der Waals surface area contributed by atoms with Gasteiger partial charge in [0.1, 0.15) is 5.82 Å². The van der Waals surface area contributed by atoms with E-state index in [4.69, 9.17) is 0 Å². The van der Waals surface area contributed by atoms with Gasteiger partial charge in [-0.15, -0.1) is 10.2 Å². The fourth-order valence-electron chi connectivity index (χ4n) is 1.95. The zero-order chi connectivity index (χ0) is 13.2. The van der Waals surface area contributed by atoms with Gasteiger partial charge in [-0.25, -0.2) is 4.79 Å². The predicted molar refractivity (Wildman–Crippen MR) is 74.1 cm³/mol. The molecule has 3 rings (SSSR count). The number of fused-ring (bicyclic) bond motifs is 1. The summed E-state index contributed by atoms with van der Waals surface area (Å²) in [6.07, 6.45) is 0. The number of imidazole rings is 1. The summed E-state index contributed by atoms with van der Waals surface area (Å²) in [6.45, 7) is 2.82. The van der Waals surface area contributed by atoms with Crippen LogP contribution in [0, 0.1) is 0 Å². The first kappa shape index (κ1) is 11.5. The summed E-state index contributed by atoms with van der Waals surface area (Å²) in [7, 11) is 0. The number of hydrogen-bond acceptors (Lipinski definition) is 4. The Labute approximate surface area is 108 Å². The fraction of sp³-hybridized carbons (Fsp3) is 0.154. The Bertz CT molecular complexity index is 757. The van der Waals surface area contributed by atoms with Gasteiger partial charge in [-0.2, -0.15) is 0 Å². The molecular formula is C13H13N5O. The van der Waals surface area contributed by atoms with Crippen molar-refractivity contribution in [3.63, 3.8) is 0 Å². The van der Waals surface area contributed by atoms with Crippen LogP contribution in [0.5, 0.6) is 0 Å². The Morgan fingerprint density at radius 3 is 2.68 bits per heavy atom. The van der Waals surface area contributed by atoms with Crippen LogP contribution in [0.3, 0.4) is 0 Å². The molecule has 0 unspecified atom stereocenters. The minimum absolute atomic E-state index is 0.208. The number of H-pyrrole nitrogens is 2. The van der Waals surface area contributed by atoms with Crippen LogP contribution in [0.2, 0.25) is 0 Å². The van der Waals surface area contributed by atoms with Crippen molar-refractivity contribution in [1.29, 1.82) is 0 Å². The standard InChI is InChI=1S/C13H13N5O/c1-2-14-12-6-5-9(17-18-12)8-3-4-10-11(7-8)16-13(19)15-10/h3-7H,2H2,1H3,(H,14,18)(H2,15,16,19). The van der Waals surface area contributed by atoms with Gasteiger partial charge < -0.3 is 15.3 Å². The van der Waals surface area contributed by atoms with E-state index in [0.717, 1.165) is 34.7 Å². The molecule has 0 amide bonds. The van der Waals surface area contributed by atoms with Gasteiger partial charge in [0.15, 0.2) is 0 Å². The molecular weight excluding hydrogens is 242 g/mol. The van der Waals surface area contributed by atoms with E-state index in [1.165, 1.54) is 0 Å². The van der Waals surface area contributed by atoms with Crippen molar-refractivity contribution in [1.82, 2.24) is 20.2 Å². The molecule has 0 radical (unpaired) electrons. The van der Waals surface area contributed by atoms with Crippen LogP contribution in [-0.2, 0) is 0 Å². The van der Waals surface area contributed by atoms with Crippen LogP contribution in [0.25, 0.3) is 22.3 Å². The number of nitrogens with one attached hydrogen (secondary N) is 3. The highest BCUT2D eigenvalue weighted by atomic mass is 16.1. The molecule has 0 spiro atoms. The van der Waals surface area contributed by atoms with E-state index in [0.29, 0.717) is 0 Å². The molecule has 0 aliphatic rings. The first-order valence-electron chi connectivity index (χ1n) is 6.06. The number of nitrogens with zero attached hydrogens (tertiary/aromatic N) is 2. The van der Waals surface area contributed by atoms with E-state index in [2.05, 4.69) is 25.5 Å². The molecule has 0 atom stereocenters. The Morgan fingerprint density at radius 1 is 1.11 bits per heavy atom. The lowest BCUT2D eigenvalue weighted by Gasteiger charge is -2.03. The quantitative estimate of drug-likeness (QED) is 0.665. The number of aromatic amines is 2. The van der Waals surface area contributed by atoms with E-state index < -0.39 is 0 Å². The van der Waals surface area contributed by atoms with Gasteiger partial charge in [0.2, 0.25) is 0 Å². The maximum absolute atomic E-state index is 11.2. The molecule has 3 N–H and O–H groups in total. The highest BCUT2D eigenvalue weighted by Gasteiger charge is 2.04. The lowest BCUT2D eigenvalue weighted by Crippen LogP contribution is -2.00. The van der Waals surface area contributed by atoms with Crippen molar-refractivity contribution in [2.75, 3.05) is 11.9 Å². The van der Waals surface area contributed by atoms with Gasteiger partial charge in [0.05, 0.1) is 16.7 Å². The van der Waals surface area contributed by atoms with Crippen LogP contribution in [0.15, 0.2) is 35.1 Å². The lowest BCUT2D eigenvalue weighted by atomic mass is 10.1. The summed E-state index contributed by atoms with van der Waals surface area (Å²) in [5.74, 6) is 0.752. The average Bonchev–Trinajstić information content (AvgIpc) is 2.79. The fourth-order valence-corrected chi connectivity index (χ4v) is 1.95. The van der Waals surface area contributed by atoms with E-state index in [1.807, 2.05) is 37.3 Å². The lowest BCUT2D eigenvalue weighted by molar-refractivity contribution is 1.02. The monoisotopic (exact) mass is 255 g/mol. The Morgan fingerprint density at radius 2 is 1.95 bits per heavy atom. The van der Waals surface area contributed by atoms with Crippen molar-refractivity contribution in [2.24, 2.45) is 0 Å². The van der Waals surface area contributed by atoms with E-state index >= 15 is 0 Å². The van der Waals surface area contributed by atoms with Gasteiger partial charge in [-0.1, -0.05) is 6.07 Å². The first-order valence-corrected chi connectivity index (χ1v) is 6.06. The second-order valence-corrected chi connectivity index (χ2v) is 4.17. The molecule has 0 aliphatic carbocycles. The van der Waals surface area contributed by atoms with Gasteiger partial charge in [-0.05, 0) is 31.2 Å². The van der Waals surface area contributed by atoms with E-state index in [-0.39, 0.29) is 5.69 Å². The third kappa shape index (κ3) is 2.20. The smallest absolute Gasteiger partial charge is 0.323 e. The van der Waals surface area contributed by atoms with Crippen LogP contribution in [0.1, 0.15) is 6.92 Å². The Balaban J connectivity index is 2.00. The van der Waals surface area contributed by atoms with Crippen LogP contribution < -0.4 is 11.0 Å². The first-order chi connectivity index (χ1) is 9.26. The molecule has 0 saturated carbocycles. The largest absolute Gasteiger partial charge is 0.369 e. The maximum atomic E-state index is 11.2. The topological polar surface area (TPSA) is 86.5 Å². The normalized spacial score (nSPS) is 10.8. The number of rotatable bonds is 3. The summed E-state index contributed by atoms with van der Waals surface area (Å²) in [6, 6.07) is 9.42. The molecule has 6 nitrogen and oxygen atoms in total. The summed E-state index contributed by atoms with van der Waals surface area (Å²) in [5.41, 5.74) is 3.02. The van der Waals surface area contributed by atoms with Gasteiger partial charge in [0, 0.05) is 12.1 Å². The highest BCUT2D eigenvalue weighted by Crippen LogP contribution is 2.20. The molecule has 1 aromatic carbocycles. The summed E-state index contributed by atoms with van der Waals surface area (Å²) in [5, 5.41) is 11.3. The number of benzene rings is 1. The van der Waals surface area contributed by atoms with Gasteiger partial charge in [-0.3, -0.25) is 0 Å². The van der Waals surface area contributed by atoms with Crippen LogP contribution in [0.4, 0.5) is 5.82 Å². The molecule has 96 valence electrons. The minimum atomic E-state index is -0.208. The zero-order valence-corrected chi connectivity index (χ0v) is 10.4. The maximum Gasteiger partial charge on any atom is 0.323 e. The molecule has 2 heterocycles. The zero-order valence-electron chi connectivity index (χ0n) is 10.4. The summed E-state index contributed by atoms with van der Waals surface area (Å²) in [4.78, 5) is 16.6. The Hall–Kier alpha value is -2.63. The number of aromatic nitrogens is 4. The second-order valence-electron chi connectivity index (χ2n) is 4.17. The molecule has 0 aliphatic heterocycles. The van der Waals surface area contributed by atoms with Gasteiger partial charge >= 0.3 is 5.69 Å². The molecule has 0 bridgehead atoms. The molecule has 0 fully saturated rings. The SMILES string of the molecule is CCNc1ccc(-c2ccc3[nH]c(=O)[nH]c3c2)nn1. The van der Waals surface area contributed by atoms with E-state index in [1.54, 1.807) is 0 Å². The van der Waals surface area contributed by atoms with Crippen molar-refractivity contribution in [3.05, 3.63) is 40.8 Å². The van der Waals surface area contributed by atoms with Crippen molar-refractivity contribution < 1.29 is 0 Å². The number of anilines is 1. The van der Waals surface area contributed by atoms with Crippen molar-refractivity contribution in [2.45, 2.75) is 6.92 Å². The Kier molecular flexibility index (Phi) is 2.75. The molecule has 3 aromatic rings. The molecule has 19 heavy (non-hydrogen) atoms. The van der Waals surface area contributed by atoms with E-state index in [9.17, 15) is 4.79 Å². The van der Waals surface area contributed by atoms with Crippen molar-refractivity contribution in [3.8, 4) is 11.3 Å². The van der Waals surface area contributed by atoms with Gasteiger partial charge in [0.25, 0.3) is 0 Å². The third-order valence-corrected chi connectivity index (χ3v) is 2.83. The van der Waals surface area contributed by atoms with Crippen molar-refractivity contribution >= 4 is 16.9 Å². The average molecular weight is 255 g/mol. The minimum Gasteiger partial charge on any atom is -0.369 e. The molecule has 6 heteroatoms. The summed E-state index contributed by atoms with van der Waals surface area (Å²) >= 11 is 0. The highest BCUT2D eigenvalue weighted by molar-refractivity contribution is 5.80. The molecule has 0 saturated heterocycles. The number of hydrogen-bond donors (Lipinski definition) is 3. The van der Waals surface area contributed by atoms with Crippen LogP contribution >= 0.6 is 0 Å². The summed E-state index contributed by atoms with van der Waals surface area (Å²) < 4.78 is 0. The van der Waals surface area contributed by atoms with Crippen LogP contribution in [-0.4, -0.2) is 26.7 Å². The predicted octanol–water partition coefficient (Wildman–Crippen LogP) is 1.74. The molecule has 2 aromatic heterocycles. The third-order valence-electron chi connectivity index (χ3n) is 2.83.